The molecule has 0 saturated heterocycles. The number of aliphatic hydroxyl groups is 1. The van der Waals surface area contributed by atoms with Gasteiger partial charge in [-0.2, -0.15) is 0 Å². The van der Waals surface area contributed by atoms with E-state index >= 15 is 0 Å². The number of nitrogens with one attached hydrogen (secondary N) is 1. The highest BCUT2D eigenvalue weighted by atomic mass is 16.6. The maximum Gasteiger partial charge on any atom is 0.303 e. The number of fused-ring (bicyclic) bond motifs is 5. The smallest absolute Gasteiger partial charge is 0.303 e. The van der Waals surface area contributed by atoms with Gasteiger partial charge in [0.05, 0.1) is 6.04 Å². The van der Waals surface area contributed by atoms with E-state index in [0.717, 1.165) is 49.9 Å². The lowest BCUT2D eigenvalue weighted by Crippen LogP contribution is -2.75. The summed E-state index contributed by atoms with van der Waals surface area (Å²) in [6.07, 6.45) is 11.7. The zero-order chi connectivity index (χ0) is 26.5. The summed E-state index contributed by atoms with van der Waals surface area (Å²) in [5.41, 5.74) is -1.26. The summed E-state index contributed by atoms with van der Waals surface area (Å²) in [7, 11) is 0. The fourth-order valence-corrected chi connectivity index (χ4v) is 10.2. The van der Waals surface area contributed by atoms with E-state index in [0.29, 0.717) is 23.2 Å². The highest BCUT2D eigenvalue weighted by Gasteiger charge is 2.70. The van der Waals surface area contributed by atoms with Gasteiger partial charge < -0.3 is 15.2 Å². The van der Waals surface area contributed by atoms with Crippen LogP contribution in [-0.2, 0) is 14.3 Å². The van der Waals surface area contributed by atoms with Crippen molar-refractivity contribution in [1.29, 1.82) is 0 Å². The van der Waals surface area contributed by atoms with Crippen molar-refractivity contribution >= 4 is 11.9 Å². The predicted molar refractivity (Wildman–Crippen MR) is 143 cm³/mol. The van der Waals surface area contributed by atoms with Crippen LogP contribution in [0.2, 0.25) is 0 Å². The minimum absolute atomic E-state index is 0.123. The number of rotatable bonds is 7. The Bertz CT molecular complexity index is 827. The summed E-state index contributed by atoms with van der Waals surface area (Å²) in [6.45, 7) is 14.9. The molecule has 4 rings (SSSR count). The van der Waals surface area contributed by atoms with Crippen molar-refractivity contribution in [3.05, 3.63) is 0 Å². The van der Waals surface area contributed by atoms with Crippen LogP contribution in [0.5, 0.6) is 0 Å². The Morgan fingerprint density at radius 2 is 1.72 bits per heavy atom. The lowest BCUT2D eigenvalue weighted by atomic mass is 9.41. The summed E-state index contributed by atoms with van der Waals surface area (Å²) in [6, 6.07) is -0.371. The van der Waals surface area contributed by atoms with Crippen molar-refractivity contribution in [3.63, 3.8) is 0 Å². The highest BCUT2D eigenvalue weighted by molar-refractivity contribution is 5.73. The molecule has 36 heavy (non-hydrogen) atoms. The molecule has 4 aliphatic carbocycles. The summed E-state index contributed by atoms with van der Waals surface area (Å²) in [4.78, 5) is 24.4. The lowest BCUT2D eigenvalue weighted by Gasteiger charge is -2.66. The molecule has 10 atom stereocenters. The van der Waals surface area contributed by atoms with Crippen LogP contribution in [0.25, 0.3) is 0 Å². The van der Waals surface area contributed by atoms with Crippen molar-refractivity contribution in [2.75, 3.05) is 0 Å². The van der Waals surface area contributed by atoms with E-state index in [1.165, 1.54) is 52.4 Å². The number of amides is 1. The van der Waals surface area contributed by atoms with E-state index in [-0.39, 0.29) is 23.3 Å². The Labute approximate surface area is 219 Å². The standard InChI is InChI=1S/C31H53NO4/c1-19(2)10-8-11-20(3)24-13-14-25-23-18-28(36-22(5)34)31(35)27(32-21(4)33)12-9-16-30(31,7)26(23)15-17-29(24,25)6/h19-20,23-28,35H,8-18H2,1-7H3,(H,32,33)/t20-,23-,24-,25+,26-,27+,28-,29-,30-,31-/m1/s1. The van der Waals surface area contributed by atoms with Crippen LogP contribution < -0.4 is 5.32 Å². The van der Waals surface area contributed by atoms with Crippen LogP contribution in [0.1, 0.15) is 119 Å². The predicted octanol–water partition coefficient (Wildman–Crippen LogP) is 6.27. The summed E-state index contributed by atoms with van der Waals surface area (Å²) in [5, 5.41) is 15.6. The summed E-state index contributed by atoms with van der Waals surface area (Å²) >= 11 is 0. The molecule has 0 unspecified atom stereocenters. The first-order valence-corrected chi connectivity index (χ1v) is 15.0. The minimum atomic E-state index is -1.22. The summed E-state index contributed by atoms with van der Waals surface area (Å²) < 4.78 is 5.98. The number of hydrogen-bond donors (Lipinski definition) is 2. The van der Waals surface area contributed by atoms with E-state index < -0.39 is 11.7 Å². The first-order chi connectivity index (χ1) is 16.8. The average Bonchev–Trinajstić information content (AvgIpc) is 3.12. The van der Waals surface area contributed by atoms with Crippen LogP contribution in [0.4, 0.5) is 0 Å². The van der Waals surface area contributed by atoms with Crippen LogP contribution >= 0.6 is 0 Å². The van der Waals surface area contributed by atoms with E-state index in [1.807, 2.05) is 0 Å². The van der Waals surface area contributed by atoms with Crippen molar-refractivity contribution in [2.24, 2.45) is 46.3 Å². The Morgan fingerprint density at radius 1 is 1.00 bits per heavy atom. The van der Waals surface area contributed by atoms with Gasteiger partial charge in [-0.05, 0) is 85.9 Å². The van der Waals surface area contributed by atoms with Gasteiger partial charge in [0, 0.05) is 19.3 Å². The Hall–Kier alpha value is -1.10. The molecular formula is C31H53NO4. The topological polar surface area (TPSA) is 75.6 Å². The largest absolute Gasteiger partial charge is 0.459 e. The van der Waals surface area contributed by atoms with Crippen LogP contribution in [0.3, 0.4) is 0 Å². The maximum absolute atomic E-state index is 12.5. The van der Waals surface area contributed by atoms with Gasteiger partial charge in [-0.25, -0.2) is 0 Å². The van der Waals surface area contributed by atoms with Gasteiger partial charge in [0.1, 0.15) is 11.7 Å². The zero-order valence-corrected chi connectivity index (χ0v) is 24.1. The molecular weight excluding hydrogens is 450 g/mol. The van der Waals surface area contributed by atoms with E-state index in [1.54, 1.807) is 0 Å². The Morgan fingerprint density at radius 3 is 2.36 bits per heavy atom. The van der Waals surface area contributed by atoms with Gasteiger partial charge in [0.15, 0.2) is 0 Å². The van der Waals surface area contributed by atoms with Crippen molar-refractivity contribution in [2.45, 2.75) is 137 Å². The third-order valence-corrected chi connectivity index (χ3v) is 11.8. The Balaban J connectivity index is 1.63. The van der Waals surface area contributed by atoms with Gasteiger partial charge in [-0.15, -0.1) is 0 Å². The van der Waals surface area contributed by atoms with E-state index in [4.69, 9.17) is 4.74 Å². The molecule has 0 spiro atoms. The molecule has 2 N–H and O–H groups in total. The van der Waals surface area contributed by atoms with Gasteiger partial charge >= 0.3 is 5.97 Å². The molecule has 0 aromatic rings. The molecule has 0 heterocycles. The molecule has 4 fully saturated rings. The van der Waals surface area contributed by atoms with Crippen molar-refractivity contribution in [1.82, 2.24) is 5.32 Å². The first kappa shape index (κ1) is 27.9. The average molecular weight is 504 g/mol. The number of esters is 1. The number of carbonyl (C=O) groups is 2. The zero-order valence-electron chi connectivity index (χ0n) is 24.1. The van der Waals surface area contributed by atoms with Gasteiger partial charge in [0.25, 0.3) is 0 Å². The minimum Gasteiger partial charge on any atom is -0.459 e. The van der Waals surface area contributed by atoms with E-state index in [9.17, 15) is 14.7 Å². The number of ether oxygens (including phenoxy) is 1. The second kappa shape index (κ2) is 10.2. The Kier molecular flexibility index (Phi) is 7.93. The number of carbonyl (C=O) groups excluding carboxylic acids is 2. The molecule has 1 amide bonds. The van der Waals surface area contributed by atoms with Gasteiger partial charge in [-0.3, -0.25) is 9.59 Å². The summed E-state index contributed by atoms with van der Waals surface area (Å²) in [5.74, 6) is 3.31. The molecule has 0 aliphatic heterocycles. The molecule has 4 saturated carbocycles. The van der Waals surface area contributed by atoms with E-state index in [2.05, 4.69) is 39.9 Å². The number of hydrogen-bond acceptors (Lipinski definition) is 4. The van der Waals surface area contributed by atoms with Crippen molar-refractivity contribution in [3.8, 4) is 0 Å². The molecule has 5 nitrogen and oxygen atoms in total. The second-order valence-corrected chi connectivity index (χ2v) is 14.1. The molecule has 5 heteroatoms. The first-order valence-electron chi connectivity index (χ1n) is 15.0. The second-order valence-electron chi connectivity index (χ2n) is 14.1. The van der Waals surface area contributed by atoms with Gasteiger partial charge in [-0.1, -0.05) is 60.3 Å². The van der Waals surface area contributed by atoms with Crippen LogP contribution in [0.15, 0.2) is 0 Å². The fraction of sp³-hybridized carbons (Fsp3) is 0.935. The fourth-order valence-electron chi connectivity index (χ4n) is 10.2. The van der Waals surface area contributed by atoms with Gasteiger partial charge in [0.2, 0.25) is 5.91 Å². The normalized spacial score (nSPS) is 44.8. The third-order valence-electron chi connectivity index (χ3n) is 11.8. The quantitative estimate of drug-likeness (QED) is 0.402. The van der Waals surface area contributed by atoms with Crippen LogP contribution in [0, 0.1) is 46.3 Å². The molecule has 0 bridgehead atoms. The lowest BCUT2D eigenvalue weighted by molar-refractivity contribution is -0.268. The molecule has 4 aliphatic rings. The third kappa shape index (κ3) is 4.54. The maximum atomic E-state index is 12.5. The monoisotopic (exact) mass is 503 g/mol. The van der Waals surface area contributed by atoms with Crippen molar-refractivity contribution < 1.29 is 19.4 Å². The molecule has 0 aromatic carbocycles. The highest BCUT2D eigenvalue weighted by Crippen LogP contribution is 2.69. The molecule has 0 aromatic heterocycles. The van der Waals surface area contributed by atoms with Crippen LogP contribution in [-0.4, -0.2) is 34.7 Å². The molecule has 0 radical (unpaired) electrons. The molecule has 206 valence electrons. The SMILES string of the molecule is CC(=O)N[C@H]1CCC[C@]2(C)[C@@H]3CC[C@]4(C)[C@@H]([C@H](C)CCCC(C)C)CC[C@H]4[C@H]3C[C@@H](OC(C)=O)[C@]12O.